The fraction of sp³-hybridized carbons (Fsp3) is 0.143. The van der Waals surface area contributed by atoms with Gasteiger partial charge in [0, 0.05) is 12.3 Å². The van der Waals surface area contributed by atoms with E-state index >= 15 is 0 Å². The summed E-state index contributed by atoms with van der Waals surface area (Å²) >= 11 is 0. The van der Waals surface area contributed by atoms with Gasteiger partial charge in [-0.15, -0.1) is 0 Å². The lowest BCUT2D eigenvalue weighted by atomic mass is 9.95. The standard InChI is InChI=1S/C21H20N2O2/c1-14-8-9-17(12-15(14)2)20(16-6-4-3-5-7-16)23-21(25)18-10-11-19(24)22-13-18/h3-13,20H,1-2H3,(H,22,24)(H,23,25)/t20-/m0/s1. The van der Waals surface area contributed by atoms with Crippen LogP contribution in [-0.4, -0.2) is 10.9 Å². The molecule has 0 bridgehead atoms. The Bertz CT molecular complexity index is 925. The Morgan fingerprint density at radius 1 is 0.920 bits per heavy atom. The van der Waals surface area contributed by atoms with Gasteiger partial charge in [-0.05, 0) is 42.2 Å². The summed E-state index contributed by atoms with van der Waals surface area (Å²) in [6, 6.07) is 18.6. The van der Waals surface area contributed by atoms with E-state index in [0.717, 1.165) is 11.1 Å². The first-order valence-corrected chi connectivity index (χ1v) is 8.16. The summed E-state index contributed by atoms with van der Waals surface area (Å²) in [4.78, 5) is 26.4. The summed E-state index contributed by atoms with van der Waals surface area (Å²) in [6.45, 7) is 4.13. The first-order chi connectivity index (χ1) is 12.0. The van der Waals surface area contributed by atoms with Gasteiger partial charge in [0.1, 0.15) is 0 Å². The molecule has 3 aromatic rings. The van der Waals surface area contributed by atoms with Crippen LogP contribution in [0.5, 0.6) is 0 Å². The summed E-state index contributed by atoms with van der Waals surface area (Å²) in [5.41, 5.74) is 4.60. The number of amides is 1. The quantitative estimate of drug-likeness (QED) is 0.768. The van der Waals surface area contributed by atoms with Crippen molar-refractivity contribution in [1.82, 2.24) is 10.3 Å². The van der Waals surface area contributed by atoms with Gasteiger partial charge in [0.2, 0.25) is 5.56 Å². The van der Waals surface area contributed by atoms with Crippen molar-refractivity contribution in [2.45, 2.75) is 19.9 Å². The molecule has 1 amide bonds. The Labute approximate surface area is 146 Å². The van der Waals surface area contributed by atoms with Gasteiger partial charge in [-0.25, -0.2) is 0 Å². The van der Waals surface area contributed by atoms with Crippen LogP contribution in [0.15, 0.2) is 71.7 Å². The monoisotopic (exact) mass is 332 g/mol. The third-order valence-corrected chi connectivity index (χ3v) is 4.32. The molecule has 4 heteroatoms. The van der Waals surface area contributed by atoms with Crippen LogP contribution in [0.1, 0.15) is 38.7 Å². The van der Waals surface area contributed by atoms with E-state index in [4.69, 9.17) is 0 Å². The average molecular weight is 332 g/mol. The molecule has 0 radical (unpaired) electrons. The Hall–Kier alpha value is -3.14. The van der Waals surface area contributed by atoms with Gasteiger partial charge in [0.15, 0.2) is 0 Å². The number of H-pyrrole nitrogens is 1. The van der Waals surface area contributed by atoms with Gasteiger partial charge in [-0.2, -0.15) is 0 Å². The number of rotatable bonds is 4. The zero-order valence-electron chi connectivity index (χ0n) is 14.2. The summed E-state index contributed by atoms with van der Waals surface area (Å²) in [5.74, 6) is -0.233. The minimum Gasteiger partial charge on any atom is -0.341 e. The summed E-state index contributed by atoms with van der Waals surface area (Å²) in [5, 5.41) is 3.07. The molecule has 1 heterocycles. The van der Waals surface area contributed by atoms with Crippen LogP contribution in [-0.2, 0) is 0 Å². The van der Waals surface area contributed by atoms with Crippen molar-refractivity contribution in [3.8, 4) is 0 Å². The highest BCUT2D eigenvalue weighted by Gasteiger charge is 2.18. The maximum Gasteiger partial charge on any atom is 0.253 e. The maximum atomic E-state index is 12.6. The highest BCUT2D eigenvalue weighted by atomic mass is 16.2. The zero-order chi connectivity index (χ0) is 17.8. The summed E-state index contributed by atoms with van der Waals surface area (Å²) in [7, 11) is 0. The van der Waals surface area contributed by atoms with E-state index in [1.54, 1.807) is 0 Å². The summed E-state index contributed by atoms with van der Waals surface area (Å²) < 4.78 is 0. The number of hydrogen-bond donors (Lipinski definition) is 2. The van der Waals surface area contributed by atoms with E-state index in [-0.39, 0.29) is 17.5 Å². The SMILES string of the molecule is Cc1ccc([C@@H](NC(=O)c2ccc(=O)[nH]c2)c2ccccc2)cc1C. The number of benzene rings is 2. The molecule has 0 saturated heterocycles. The van der Waals surface area contributed by atoms with Crippen LogP contribution in [0.3, 0.4) is 0 Å². The Kier molecular flexibility index (Phi) is 4.80. The number of carbonyl (C=O) groups excluding carboxylic acids is 1. The fourth-order valence-corrected chi connectivity index (χ4v) is 2.72. The van der Waals surface area contributed by atoms with Gasteiger partial charge in [-0.1, -0.05) is 48.5 Å². The first kappa shape index (κ1) is 16.7. The molecule has 3 rings (SSSR count). The highest BCUT2D eigenvalue weighted by molar-refractivity contribution is 5.94. The lowest BCUT2D eigenvalue weighted by molar-refractivity contribution is 0.0942. The molecule has 126 valence electrons. The van der Waals surface area contributed by atoms with Gasteiger partial charge in [-0.3, -0.25) is 9.59 Å². The van der Waals surface area contributed by atoms with E-state index < -0.39 is 0 Å². The molecule has 25 heavy (non-hydrogen) atoms. The summed E-state index contributed by atoms with van der Waals surface area (Å²) in [6.07, 6.45) is 1.43. The third kappa shape index (κ3) is 3.86. The van der Waals surface area contributed by atoms with Crippen molar-refractivity contribution >= 4 is 5.91 Å². The molecule has 1 aromatic heterocycles. The molecule has 0 aliphatic heterocycles. The molecule has 1 atom stereocenters. The molecule has 0 fully saturated rings. The molecule has 0 aliphatic carbocycles. The highest BCUT2D eigenvalue weighted by Crippen LogP contribution is 2.24. The smallest absolute Gasteiger partial charge is 0.253 e. The van der Waals surface area contributed by atoms with Crippen molar-refractivity contribution < 1.29 is 4.79 Å². The Morgan fingerprint density at radius 2 is 1.68 bits per heavy atom. The molecule has 2 aromatic carbocycles. The second kappa shape index (κ2) is 7.18. The van der Waals surface area contributed by atoms with Crippen LogP contribution >= 0.6 is 0 Å². The minimum atomic E-state index is -0.264. The predicted molar refractivity (Wildman–Crippen MR) is 98.7 cm³/mol. The third-order valence-electron chi connectivity index (χ3n) is 4.32. The van der Waals surface area contributed by atoms with Gasteiger partial charge in [0.25, 0.3) is 5.91 Å². The molecule has 0 aliphatic rings. The van der Waals surface area contributed by atoms with Crippen LogP contribution in [0.4, 0.5) is 0 Å². The molecule has 2 N–H and O–H groups in total. The fourth-order valence-electron chi connectivity index (χ4n) is 2.72. The van der Waals surface area contributed by atoms with Crippen molar-refractivity contribution in [3.05, 3.63) is 105 Å². The van der Waals surface area contributed by atoms with Crippen LogP contribution < -0.4 is 10.9 Å². The predicted octanol–water partition coefficient (Wildman–Crippen LogP) is 3.51. The van der Waals surface area contributed by atoms with Crippen LogP contribution in [0.2, 0.25) is 0 Å². The number of aryl methyl sites for hydroxylation is 2. The molecular weight excluding hydrogens is 312 g/mol. The van der Waals surface area contributed by atoms with Crippen molar-refractivity contribution in [2.75, 3.05) is 0 Å². The number of aromatic nitrogens is 1. The van der Waals surface area contributed by atoms with Gasteiger partial charge >= 0.3 is 0 Å². The largest absolute Gasteiger partial charge is 0.341 e. The molecule has 0 unspecified atom stereocenters. The van der Waals surface area contributed by atoms with E-state index in [2.05, 4.69) is 36.3 Å². The molecule has 0 saturated carbocycles. The number of pyridine rings is 1. The van der Waals surface area contributed by atoms with Gasteiger partial charge < -0.3 is 10.3 Å². The lowest BCUT2D eigenvalue weighted by Gasteiger charge is -2.21. The number of nitrogens with one attached hydrogen (secondary N) is 2. The number of aromatic amines is 1. The second-order valence-electron chi connectivity index (χ2n) is 6.10. The van der Waals surface area contributed by atoms with E-state index in [9.17, 15) is 9.59 Å². The van der Waals surface area contributed by atoms with E-state index in [1.165, 1.54) is 29.5 Å². The first-order valence-electron chi connectivity index (χ1n) is 8.16. The number of hydrogen-bond acceptors (Lipinski definition) is 2. The molecule has 0 spiro atoms. The lowest BCUT2D eigenvalue weighted by Crippen LogP contribution is -2.29. The van der Waals surface area contributed by atoms with E-state index in [0.29, 0.717) is 5.56 Å². The average Bonchev–Trinajstić information content (AvgIpc) is 2.63. The van der Waals surface area contributed by atoms with Crippen molar-refractivity contribution in [2.24, 2.45) is 0 Å². The normalized spacial score (nSPS) is 11.8. The van der Waals surface area contributed by atoms with Crippen molar-refractivity contribution in [1.29, 1.82) is 0 Å². The topological polar surface area (TPSA) is 62.0 Å². The van der Waals surface area contributed by atoms with E-state index in [1.807, 2.05) is 36.4 Å². The zero-order valence-corrected chi connectivity index (χ0v) is 14.2. The van der Waals surface area contributed by atoms with Crippen LogP contribution in [0, 0.1) is 13.8 Å². The molecule has 4 nitrogen and oxygen atoms in total. The minimum absolute atomic E-state index is 0.231. The van der Waals surface area contributed by atoms with Gasteiger partial charge in [0.05, 0.1) is 11.6 Å². The number of carbonyl (C=O) groups is 1. The second-order valence-corrected chi connectivity index (χ2v) is 6.10. The maximum absolute atomic E-state index is 12.6. The van der Waals surface area contributed by atoms with Crippen LogP contribution in [0.25, 0.3) is 0 Å². The van der Waals surface area contributed by atoms with Crippen molar-refractivity contribution in [3.63, 3.8) is 0 Å². The Balaban J connectivity index is 1.96. The molecular formula is C21H20N2O2. The Morgan fingerprint density at radius 3 is 2.32 bits per heavy atom.